The maximum atomic E-state index is 13.0. The van der Waals surface area contributed by atoms with Gasteiger partial charge >= 0.3 is 0 Å². The van der Waals surface area contributed by atoms with Gasteiger partial charge in [-0.2, -0.15) is 0 Å². The zero-order chi connectivity index (χ0) is 21.3. The molecule has 1 aromatic carbocycles. The molecule has 0 unspecified atom stereocenters. The number of carbonyl (C=O) groups is 2. The molecule has 2 atom stereocenters. The second-order valence-electron chi connectivity index (χ2n) is 9.30. The SMILES string of the molecule is Cc1ccc(CCC2CCN(C(=O)[C@@H]3CC(=O)N([C@H]4CCS(=O)(=O)C4)C3)CC2)cc1. The predicted octanol–water partition coefficient (Wildman–Crippen LogP) is 2.20. The Labute approximate surface area is 179 Å². The molecule has 3 fully saturated rings. The van der Waals surface area contributed by atoms with Crippen LogP contribution in [-0.2, 0) is 25.8 Å². The molecular weight excluding hydrogens is 400 g/mol. The Morgan fingerprint density at radius 3 is 2.43 bits per heavy atom. The van der Waals surface area contributed by atoms with Crippen LogP contribution in [0.2, 0.25) is 0 Å². The average molecular weight is 433 g/mol. The lowest BCUT2D eigenvalue weighted by Crippen LogP contribution is -2.43. The number of nitrogens with zero attached hydrogens (tertiary/aromatic N) is 2. The smallest absolute Gasteiger partial charge is 0.227 e. The molecular formula is C23H32N2O4S. The second-order valence-corrected chi connectivity index (χ2v) is 11.5. The molecule has 0 radical (unpaired) electrons. The van der Waals surface area contributed by atoms with Crippen LogP contribution in [0.3, 0.4) is 0 Å². The molecule has 0 N–H and O–H groups in total. The number of piperidine rings is 1. The molecule has 30 heavy (non-hydrogen) atoms. The van der Waals surface area contributed by atoms with Crippen LogP contribution in [0.4, 0.5) is 0 Å². The van der Waals surface area contributed by atoms with Gasteiger partial charge in [0.1, 0.15) is 0 Å². The molecule has 3 aliphatic heterocycles. The number of likely N-dealkylation sites (tertiary alicyclic amines) is 2. The number of aryl methyl sites for hydroxylation is 2. The van der Waals surface area contributed by atoms with E-state index in [0.717, 1.165) is 38.8 Å². The Bertz CT molecular complexity index is 888. The van der Waals surface area contributed by atoms with Gasteiger partial charge in [-0.25, -0.2) is 8.42 Å². The van der Waals surface area contributed by atoms with Crippen LogP contribution in [0.1, 0.15) is 43.2 Å². The number of benzene rings is 1. The van der Waals surface area contributed by atoms with Crippen molar-refractivity contribution in [3.63, 3.8) is 0 Å². The maximum Gasteiger partial charge on any atom is 0.227 e. The van der Waals surface area contributed by atoms with Crippen LogP contribution in [0.25, 0.3) is 0 Å². The van der Waals surface area contributed by atoms with E-state index < -0.39 is 9.84 Å². The first-order valence-electron chi connectivity index (χ1n) is 11.1. The molecule has 3 aliphatic rings. The third-order valence-electron chi connectivity index (χ3n) is 7.04. The third kappa shape index (κ3) is 4.88. The molecule has 0 spiro atoms. The lowest BCUT2D eigenvalue weighted by molar-refractivity contribution is -0.137. The van der Waals surface area contributed by atoms with E-state index in [2.05, 4.69) is 31.2 Å². The lowest BCUT2D eigenvalue weighted by atomic mass is 9.90. The van der Waals surface area contributed by atoms with Gasteiger partial charge in [-0.3, -0.25) is 9.59 Å². The summed E-state index contributed by atoms with van der Waals surface area (Å²) in [5.74, 6) is 0.528. The van der Waals surface area contributed by atoms with E-state index in [9.17, 15) is 18.0 Å². The Balaban J connectivity index is 1.24. The van der Waals surface area contributed by atoms with E-state index in [1.54, 1.807) is 4.90 Å². The van der Waals surface area contributed by atoms with E-state index in [1.807, 2.05) is 4.90 Å². The van der Waals surface area contributed by atoms with Gasteiger partial charge in [0.25, 0.3) is 0 Å². The van der Waals surface area contributed by atoms with Crippen LogP contribution >= 0.6 is 0 Å². The van der Waals surface area contributed by atoms with Gasteiger partial charge in [-0.1, -0.05) is 29.8 Å². The van der Waals surface area contributed by atoms with E-state index >= 15 is 0 Å². The fourth-order valence-electron chi connectivity index (χ4n) is 5.10. The number of rotatable bonds is 5. The molecule has 7 heteroatoms. The molecule has 6 nitrogen and oxygen atoms in total. The van der Waals surface area contributed by atoms with Gasteiger partial charge in [0.05, 0.1) is 17.4 Å². The van der Waals surface area contributed by atoms with E-state index in [1.165, 1.54) is 11.1 Å². The van der Waals surface area contributed by atoms with Crippen molar-refractivity contribution in [3.8, 4) is 0 Å². The quantitative estimate of drug-likeness (QED) is 0.715. The highest BCUT2D eigenvalue weighted by molar-refractivity contribution is 7.91. The van der Waals surface area contributed by atoms with Crippen LogP contribution in [0.5, 0.6) is 0 Å². The molecule has 0 aliphatic carbocycles. The topological polar surface area (TPSA) is 74.8 Å². The average Bonchev–Trinajstić information content (AvgIpc) is 3.29. The van der Waals surface area contributed by atoms with Crippen LogP contribution in [0, 0.1) is 18.8 Å². The lowest BCUT2D eigenvalue weighted by Gasteiger charge is -2.33. The van der Waals surface area contributed by atoms with Gasteiger partial charge in [0.2, 0.25) is 11.8 Å². The van der Waals surface area contributed by atoms with Crippen molar-refractivity contribution in [2.24, 2.45) is 11.8 Å². The summed E-state index contributed by atoms with van der Waals surface area (Å²) in [7, 11) is -3.04. The highest BCUT2D eigenvalue weighted by Gasteiger charge is 2.43. The number of hydrogen-bond acceptors (Lipinski definition) is 4. The fraction of sp³-hybridized carbons (Fsp3) is 0.652. The Morgan fingerprint density at radius 2 is 1.80 bits per heavy atom. The highest BCUT2D eigenvalue weighted by Crippen LogP contribution is 2.29. The van der Waals surface area contributed by atoms with Gasteiger partial charge in [0, 0.05) is 32.1 Å². The molecule has 2 amide bonds. The highest BCUT2D eigenvalue weighted by atomic mass is 32.2. The van der Waals surface area contributed by atoms with Crippen LogP contribution < -0.4 is 0 Å². The minimum Gasteiger partial charge on any atom is -0.342 e. The van der Waals surface area contributed by atoms with Crippen molar-refractivity contribution in [2.45, 2.75) is 51.5 Å². The first-order chi connectivity index (χ1) is 14.3. The van der Waals surface area contributed by atoms with Crippen molar-refractivity contribution in [3.05, 3.63) is 35.4 Å². The minimum absolute atomic E-state index is 0.0476. The summed E-state index contributed by atoms with van der Waals surface area (Å²) >= 11 is 0. The van der Waals surface area contributed by atoms with Gasteiger partial charge in [-0.05, 0) is 50.5 Å². The standard InChI is InChI=1S/C23H32N2O4S/c1-17-2-4-18(5-3-17)6-7-19-8-11-24(12-9-19)23(27)20-14-22(26)25(15-20)21-10-13-30(28,29)16-21/h2-5,19-21H,6-16H2,1H3/t20-,21+/m1/s1. The second kappa shape index (κ2) is 8.69. The van der Waals surface area contributed by atoms with Crippen molar-refractivity contribution >= 4 is 21.7 Å². The zero-order valence-electron chi connectivity index (χ0n) is 17.8. The first kappa shape index (κ1) is 21.3. The summed E-state index contributed by atoms with van der Waals surface area (Å²) in [6.45, 7) is 4.01. The zero-order valence-corrected chi connectivity index (χ0v) is 18.6. The van der Waals surface area contributed by atoms with Crippen LogP contribution in [-0.4, -0.2) is 67.2 Å². The molecule has 0 aromatic heterocycles. The predicted molar refractivity (Wildman–Crippen MR) is 116 cm³/mol. The van der Waals surface area contributed by atoms with Crippen molar-refractivity contribution in [1.82, 2.24) is 9.80 Å². The Hall–Kier alpha value is -1.89. The molecule has 164 valence electrons. The largest absolute Gasteiger partial charge is 0.342 e. The first-order valence-corrected chi connectivity index (χ1v) is 13.0. The molecule has 3 heterocycles. The maximum absolute atomic E-state index is 13.0. The number of amides is 2. The van der Waals surface area contributed by atoms with E-state index in [0.29, 0.717) is 18.9 Å². The monoisotopic (exact) mass is 432 g/mol. The molecule has 4 rings (SSSR count). The summed E-state index contributed by atoms with van der Waals surface area (Å²) in [6, 6.07) is 8.47. The number of hydrogen-bond donors (Lipinski definition) is 0. The molecule has 3 saturated heterocycles. The van der Waals surface area contributed by atoms with Crippen molar-refractivity contribution in [1.29, 1.82) is 0 Å². The summed E-state index contributed by atoms with van der Waals surface area (Å²) in [5.41, 5.74) is 2.65. The number of carbonyl (C=O) groups excluding carboxylic acids is 2. The molecule has 0 bridgehead atoms. The summed E-state index contributed by atoms with van der Waals surface area (Å²) in [4.78, 5) is 29.0. The fourth-order valence-corrected chi connectivity index (χ4v) is 6.83. The molecule has 1 aromatic rings. The minimum atomic E-state index is -3.04. The third-order valence-corrected chi connectivity index (χ3v) is 8.80. The Morgan fingerprint density at radius 1 is 1.10 bits per heavy atom. The van der Waals surface area contributed by atoms with E-state index in [-0.39, 0.29) is 41.7 Å². The normalized spacial score (nSPS) is 27.0. The summed E-state index contributed by atoms with van der Waals surface area (Å²) in [5, 5.41) is 0. The van der Waals surface area contributed by atoms with E-state index in [4.69, 9.17) is 0 Å². The molecule has 0 saturated carbocycles. The van der Waals surface area contributed by atoms with Gasteiger partial charge in [-0.15, -0.1) is 0 Å². The van der Waals surface area contributed by atoms with Gasteiger partial charge in [0.15, 0.2) is 9.84 Å². The summed E-state index contributed by atoms with van der Waals surface area (Å²) in [6.07, 6.45) is 4.99. The van der Waals surface area contributed by atoms with Crippen molar-refractivity contribution in [2.75, 3.05) is 31.1 Å². The summed E-state index contributed by atoms with van der Waals surface area (Å²) < 4.78 is 23.5. The van der Waals surface area contributed by atoms with Gasteiger partial charge < -0.3 is 9.80 Å². The van der Waals surface area contributed by atoms with Crippen LogP contribution in [0.15, 0.2) is 24.3 Å². The van der Waals surface area contributed by atoms with Crippen molar-refractivity contribution < 1.29 is 18.0 Å². The number of sulfone groups is 1. The Kier molecular flexibility index (Phi) is 6.19.